The lowest BCUT2D eigenvalue weighted by molar-refractivity contribution is -0.141. The Balaban J connectivity index is 4.72. The predicted molar refractivity (Wildman–Crippen MR) is 80.8 cm³/mol. The van der Waals surface area contributed by atoms with Crippen LogP contribution in [0.4, 0.5) is 4.79 Å². The Morgan fingerprint density at radius 2 is 1.40 bits per heavy atom. The highest BCUT2D eigenvalue weighted by Gasteiger charge is 2.24. The summed E-state index contributed by atoms with van der Waals surface area (Å²) in [5, 5.41) is 8.97. The Morgan fingerprint density at radius 1 is 0.950 bits per heavy atom. The van der Waals surface area contributed by atoms with E-state index in [1.54, 1.807) is 11.8 Å². The summed E-state index contributed by atoms with van der Waals surface area (Å²) in [6, 6.07) is -0.0463. The van der Waals surface area contributed by atoms with Gasteiger partial charge in [0.25, 0.3) is 0 Å². The molecule has 1 unspecified atom stereocenters. The zero-order valence-corrected chi connectivity index (χ0v) is 13.6. The number of aliphatic carboxylic acids is 1. The maximum Gasteiger partial charge on any atom is 0.320 e. The smallest absolute Gasteiger partial charge is 0.320 e. The Morgan fingerprint density at radius 3 is 1.75 bits per heavy atom. The van der Waals surface area contributed by atoms with Crippen molar-refractivity contribution in [1.29, 1.82) is 0 Å². The van der Waals surface area contributed by atoms with Crippen molar-refractivity contribution in [2.24, 2.45) is 11.8 Å². The summed E-state index contributed by atoms with van der Waals surface area (Å²) in [7, 11) is 0. The van der Waals surface area contributed by atoms with E-state index in [2.05, 4.69) is 13.8 Å². The van der Waals surface area contributed by atoms with Crippen LogP contribution in [0.15, 0.2) is 0 Å². The van der Waals surface area contributed by atoms with Crippen LogP contribution >= 0.6 is 0 Å². The van der Waals surface area contributed by atoms with Gasteiger partial charge in [0.2, 0.25) is 0 Å². The molecule has 1 atom stereocenters. The standard InChI is InChI=1S/C15H30N2O3/c1-6-13(7-2)11-17(9-4)15(20)16(8-3)10-12(5)14(18)19/h12-13H,6-11H2,1-5H3,(H,18,19). The zero-order valence-electron chi connectivity index (χ0n) is 13.6. The van der Waals surface area contributed by atoms with Gasteiger partial charge < -0.3 is 14.9 Å². The number of amides is 2. The highest BCUT2D eigenvalue weighted by atomic mass is 16.4. The first-order valence-corrected chi connectivity index (χ1v) is 7.67. The third kappa shape index (κ3) is 5.80. The molecular weight excluding hydrogens is 256 g/mol. The first-order valence-electron chi connectivity index (χ1n) is 7.67. The Hall–Kier alpha value is -1.26. The summed E-state index contributed by atoms with van der Waals surface area (Å²) < 4.78 is 0. The first-order chi connectivity index (χ1) is 9.40. The average Bonchev–Trinajstić information content (AvgIpc) is 2.45. The SMILES string of the molecule is CCC(CC)CN(CC)C(=O)N(CC)CC(C)C(=O)O. The third-order valence-corrected chi connectivity index (χ3v) is 3.85. The van der Waals surface area contributed by atoms with E-state index in [-0.39, 0.29) is 12.6 Å². The number of hydrogen-bond donors (Lipinski definition) is 1. The minimum atomic E-state index is -0.862. The van der Waals surface area contributed by atoms with Gasteiger partial charge in [-0.05, 0) is 19.8 Å². The fourth-order valence-electron chi connectivity index (χ4n) is 2.15. The van der Waals surface area contributed by atoms with E-state index in [4.69, 9.17) is 5.11 Å². The van der Waals surface area contributed by atoms with Crippen molar-refractivity contribution in [3.8, 4) is 0 Å². The predicted octanol–water partition coefficient (Wildman–Crippen LogP) is 2.91. The molecule has 0 saturated carbocycles. The summed E-state index contributed by atoms with van der Waals surface area (Å²) in [5.41, 5.74) is 0. The summed E-state index contributed by atoms with van der Waals surface area (Å²) >= 11 is 0. The molecule has 0 heterocycles. The molecule has 2 amide bonds. The van der Waals surface area contributed by atoms with Crippen LogP contribution < -0.4 is 0 Å². The van der Waals surface area contributed by atoms with Gasteiger partial charge in [0, 0.05) is 26.2 Å². The van der Waals surface area contributed by atoms with Gasteiger partial charge in [-0.25, -0.2) is 4.79 Å². The van der Waals surface area contributed by atoms with Gasteiger partial charge in [0.05, 0.1) is 5.92 Å². The van der Waals surface area contributed by atoms with Gasteiger partial charge in [-0.1, -0.05) is 33.6 Å². The maximum absolute atomic E-state index is 12.5. The Kier molecular flexibility index (Phi) is 9.01. The average molecular weight is 286 g/mol. The quantitative estimate of drug-likeness (QED) is 0.709. The van der Waals surface area contributed by atoms with Crippen LogP contribution in [0, 0.1) is 11.8 Å². The van der Waals surface area contributed by atoms with Crippen LogP contribution in [0.2, 0.25) is 0 Å². The molecule has 0 aromatic carbocycles. The van der Waals surface area contributed by atoms with E-state index in [1.165, 1.54) is 0 Å². The second kappa shape index (κ2) is 9.61. The number of urea groups is 1. The van der Waals surface area contributed by atoms with Gasteiger partial charge in [-0.3, -0.25) is 4.79 Å². The second-order valence-electron chi connectivity index (χ2n) is 5.28. The van der Waals surface area contributed by atoms with E-state index in [0.717, 1.165) is 19.4 Å². The number of carboxylic acids is 1. The van der Waals surface area contributed by atoms with Gasteiger partial charge in [0.15, 0.2) is 0 Å². The minimum Gasteiger partial charge on any atom is -0.481 e. The van der Waals surface area contributed by atoms with Crippen molar-refractivity contribution < 1.29 is 14.7 Å². The lowest BCUT2D eigenvalue weighted by Crippen LogP contribution is -2.47. The van der Waals surface area contributed by atoms with Gasteiger partial charge in [0.1, 0.15) is 0 Å². The van der Waals surface area contributed by atoms with Crippen molar-refractivity contribution in [1.82, 2.24) is 9.80 Å². The molecule has 0 radical (unpaired) electrons. The second-order valence-corrected chi connectivity index (χ2v) is 5.28. The molecule has 20 heavy (non-hydrogen) atoms. The number of rotatable bonds is 9. The molecule has 0 saturated heterocycles. The zero-order chi connectivity index (χ0) is 15.7. The highest BCUT2D eigenvalue weighted by molar-refractivity contribution is 5.76. The van der Waals surface area contributed by atoms with Crippen molar-refractivity contribution in [3.63, 3.8) is 0 Å². The molecule has 0 spiro atoms. The fraction of sp³-hybridized carbons (Fsp3) is 0.867. The number of carboxylic acid groups (broad SMARTS) is 1. The van der Waals surface area contributed by atoms with Crippen LogP contribution in [0.5, 0.6) is 0 Å². The van der Waals surface area contributed by atoms with Crippen molar-refractivity contribution in [2.75, 3.05) is 26.2 Å². The first kappa shape index (κ1) is 18.7. The largest absolute Gasteiger partial charge is 0.481 e. The molecule has 0 fully saturated rings. The molecule has 5 nitrogen and oxygen atoms in total. The van der Waals surface area contributed by atoms with Crippen molar-refractivity contribution in [3.05, 3.63) is 0 Å². The van der Waals surface area contributed by atoms with Gasteiger partial charge in [-0.15, -0.1) is 0 Å². The normalized spacial score (nSPS) is 12.3. The molecule has 0 aromatic rings. The molecule has 0 rings (SSSR count). The topological polar surface area (TPSA) is 60.9 Å². The van der Waals surface area contributed by atoms with E-state index < -0.39 is 11.9 Å². The lowest BCUT2D eigenvalue weighted by Gasteiger charge is -2.32. The van der Waals surface area contributed by atoms with E-state index in [0.29, 0.717) is 19.0 Å². The third-order valence-electron chi connectivity index (χ3n) is 3.85. The summed E-state index contributed by atoms with van der Waals surface area (Å²) in [6.45, 7) is 12.0. The summed E-state index contributed by atoms with van der Waals surface area (Å²) in [5.74, 6) is -0.889. The van der Waals surface area contributed by atoms with Crippen molar-refractivity contribution >= 4 is 12.0 Å². The highest BCUT2D eigenvalue weighted by Crippen LogP contribution is 2.12. The van der Waals surface area contributed by atoms with Gasteiger partial charge >= 0.3 is 12.0 Å². The molecule has 0 aliphatic carbocycles. The van der Waals surface area contributed by atoms with Crippen LogP contribution in [0.25, 0.3) is 0 Å². The van der Waals surface area contributed by atoms with Crippen LogP contribution in [0.1, 0.15) is 47.5 Å². The maximum atomic E-state index is 12.5. The van der Waals surface area contributed by atoms with Crippen LogP contribution in [-0.4, -0.2) is 53.1 Å². The number of carbonyl (C=O) groups excluding carboxylic acids is 1. The van der Waals surface area contributed by atoms with E-state index in [1.807, 2.05) is 18.7 Å². The van der Waals surface area contributed by atoms with Gasteiger partial charge in [-0.2, -0.15) is 0 Å². The number of carbonyl (C=O) groups is 2. The van der Waals surface area contributed by atoms with E-state index in [9.17, 15) is 9.59 Å². The molecule has 5 heteroatoms. The minimum absolute atomic E-state index is 0.0463. The van der Waals surface area contributed by atoms with Crippen molar-refractivity contribution in [2.45, 2.75) is 47.5 Å². The van der Waals surface area contributed by atoms with Crippen LogP contribution in [-0.2, 0) is 4.79 Å². The van der Waals surface area contributed by atoms with Crippen LogP contribution in [0.3, 0.4) is 0 Å². The molecule has 1 N–H and O–H groups in total. The Bertz CT molecular complexity index is 303. The number of nitrogens with zero attached hydrogens (tertiary/aromatic N) is 2. The fourth-order valence-corrected chi connectivity index (χ4v) is 2.15. The molecule has 0 aromatic heterocycles. The Labute approximate surface area is 122 Å². The lowest BCUT2D eigenvalue weighted by atomic mass is 10.0. The molecular formula is C15H30N2O3. The molecule has 0 aliphatic heterocycles. The monoisotopic (exact) mass is 286 g/mol. The number of hydrogen-bond acceptors (Lipinski definition) is 2. The van der Waals surface area contributed by atoms with E-state index >= 15 is 0 Å². The summed E-state index contributed by atoms with van der Waals surface area (Å²) in [6.07, 6.45) is 2.11. The molecule has 118 valence electrons. The molecule has 0 bridgehead atoms. The molecule has 0 aliphatic rings. The summed E-state index contributed by atoms with van der Waals surface area (Å²) in [4.78, 5) is 26.9.